The van der Waals surface area contributed by atoms with E-state index in [1.54, 1.807) is 43.0 Å². The Morgan fingerprint density at radius 1 is 1.26 bits per heavy atom. The summed E-state index contributed by atoms with van der Waals surface area (Å²) in [7, 11) is 1.79. The van der Waals surface area contributed by atoms with Crippen LogP contribution in [-0.2, 0) is 7.05 Å². The maximum Gasteiger partial charge on any atom is 0.164 e. The van der Waals surface area contributed by atoms with Crippen LogP contribution in [0.25, 0.3) is 0 Å². The van der Waals surface area contributed by atoms with E-state index in [0.717, 1.165) is 0 Å². The smallest absolute Gasteiger partial charge is 0.164 e. The lowest BCUT2D eigenvalue weighted by atomic mass is 10.0. The van der Waals surface area contributed by atoms with E-state index in [0.29, 0.717) is 17.8 Å². The van der Waals surface area contributed by atoms with Gasteiger partial charge >= 0.3 is 0 Å². The zero-order valence-corrected chi connectivity index (χ0v) is 11.2. The molecular formula is C14H17F2N3. The van der Waals surface area contributed by atoms with Gasteiger partial charge in [0, 0.05) is 18.8 Å². The zero-order valence-electron chi connectivity index (χ0n) is 11.2. The molecule has 19 heavy (non-hydrogen) atoms. The second-order valence-electron chi connectivity index (χ2n) is 4.50. The van der Waals surface area contributed by atoms with Crippen LogP contribution < -0.4 is 5.32 Å². The lowest BCUT2D eigenvalue weighted by molar-refractivity contribution is 0.475. The maximum atomic E-state index is 14.1. The molecule has 1 heterocycles. The summed E-state index contributed by atoms with van der Waals surface area (Å²) in [5.41, 5.74) is 1.26. The molecule has 0 saturated heterocycles. The summed E-state index contributed by atoms with van der Waals surface area (Å²) in [6.07, 6.45) is 1.78. The van der Waals surface area contributed by atoms with Crippen LogP contribution in [0.1, 0.15) is 29.8 Å². The Labute approximate surface area is 111 Å². The zero-order chi connectivity index (χ0) is 14.0. The van der Waals surface area contributed by atoms with Crippen molar-refractivity contribution in [3.05, 3.63) is 52.9 Å². The number of benzene rings is 1. The molecule has 0 aliphatic heterocycles. The number of hydrogen-bond donors (Lipinski definition) is 1. The standard InChI is InChI=1S/C14H17F2N3/c1-4-17-14(11-7-8-19(3)18-11)10-6-5-9(2)12(15)13(10)16/h5-8,14,17H,4H2,1-3H3. The molecule has 0 aliphatic rings. The third kappa shape index (κ3) is 2.66. The first-order chi connectivity index (χ1) is 9.04. The summed E-state index contributed by atoms with van der Waals surface area (Å²) in [5.74, 6) is -1.60. The molecule has 1 N–H and O–H groups in total. The first-order valence-electron chi connectivity index (χ1n) is 6.22. The van der Waals surface area contributed by atoms with Crippen molar-refractivity contribution in [2.24, 2.45) is 7.05 Å². The van der Waals surface area contributed by atoms with Gasteiger partial charge in [0.05, 0.1) is 11.7 Å². The largest absolute Gasteiger partial charge is 0.305 e. The van der Waals surface area contributed by atoms with Gasteiger partial charge in [0.1, 0.15) is 0 Å². The lowest BCUT2D eigenvalue weighted by Crippen LogP contribution is -2.24. The molecule has 3 nitrogen and oxygen atoms in total. The van der Waals surface area contributed by atoms with Gasteiger partial charge < -0.3 is 5.32 Å². The SMILES string of the molecule is CCNC(c1ccn(C)n1)c1ccc(C)c(F)c1F. The second-order valence-corrected chi connectivity index (χ2v) is 4.50. The van der Waals surface area contributed by atoms with Gasteiger partial charge in [-0.05, 0) is 25.1 Å². The quantitative estimate of drug-likeness (QED) is 0.921. The van der Waals surface area contributed by atoms with Crippen molar-refractivity contribution in [3.63, 3.8) is 0 Å². The van der Waals surface area contributed by atoms with Gasteiger partial charge in [-0.25, -0.2) is 8.78 Å². The molecule has 102 valence electrons. The lowest BCUT2D eigenvalue weighted by Gasteiger charge is -2.17. The molecule has 1 atom stereocenters. The van der Waals surface area contributed by atoms with Crippen LogP contribution in [0.15, 0.2) is 24.4 Å². The fourth-order valence-corrected chi connectivity index (χ4v) is 2.05. The first kappa shape index (κ1) is 13.7. The van der Waals surface area contributed by atoms with E-state index >= 15 is 0 Å². The Morgan fingerprint density at radius 3 is 2.58 bits per heavy atom. The molecule has 0 fully saturated rings. The van der Waals surface area contributed by atoms with Crippen molar-refractivity contribution in [3.8, 4) is 0 Å². The van der Waals surface area contributed by atoms with Crippen molar-refractivity contribution in [1.29, 1.82) is 0 Å². The van der Waals surface area contributed by atoms with E-state index < -0.39 is 17.7 Å². The molecule has 2 aromatic rings. The molecule has 2 rings (SSSR count). The first-order valence-corrected chi connectivity index (χ1v) is 6.22. The van der Waals surface area contributed by atoms with Gasteiger partial charge in [-0.1, -0.05) is 19.1 Å². The second kappa shape index (κ2) is 5.48. The summed E-state index contributed by atoms with van der Waals surface area (Å²) in [4.78, 5) is 0. The van der Waals surface area contributed by atoms with Crippen LogP contribution in [0.4, 0.5) is 8.78 Å². The fraction of sp³-hybridized carbons (Fsp3) is 0.357. The molecule has 5 heteroatoms. The minimum atomic E-state index is -0.809. The van der Waals surface area contributed by atoms with Crippen molar-refractivity contribution >= 4 is 0 Å². The maximum absolute atomic E-state index is 14.1. The molecular weight excluding hydrogens is 248 g/mol. The van der Waals surface area contributed by atoms with Gasteiger partial charge in [-0.3, -0.25) is 4.68 Å². The molecule has 0 radical (unpaired) electrons. The summed E-state index contributed by atoms with van der Waals surface area (Å²) < 4.78 is 29.4. The number of aryl methyl sites for hydroxylation is 2. The van der Waals surface area contributed by atoms with E-state index in [1.807, 2.05) is 6.92 Å². The van der Waals surface area contributed by atoms with Crippen molar-refractivity contribution < 1.29 is 8.78 Å². The van der Waals surface area contributed by atoms with E-state index in [9.17, 15) is 8.78 Å². The number of nitrogens with one attached hydrogen (secondary N) is 1. The van der Waals surface area contributed by atoms with Crippen LogP contribution in [0.3, 0.4) is 0 Å². The average Bonchev–Trinajstić information content (AvgIpc) is 2.81. The van der Waals surface area contributed by atoms with E-state index in [2.05, 4.69) is 10.4 Å². The third-order valence-corrected chi connectivity index (χ3v) is 3.05. The van der Waals surface area contributed by atoms with E-state index in [1.165, 1.54) is 0 Å². The van der Waals surface area contributed by atoms with Gasteiger partial charge in [0.15, 0.2) is 11.6 Å². The predicted molar refractivity (Wildman–Crippen MR) is 69.8 cm³/mol. The van der Waals surface area contributed by atoms with Crippen molar-refractivity contribution in [1.82, 2.24) is 15.1 Å². The summed E-state index contributed by atoms with van der Waals surface area (Å²) >= 11 is 0. The highest BCUT2D eigenvalue weighted by Gasteiger charge is 2.22. The van der Waals surface area contributed by atoms with Crippen LogP contribution in [0.5, 0.6) is 0 Å². The van der Waals surface area contributed by atoms with Crippen LogP contribution in [-0.4, -0.2) is 16.3 Å². The van der Waals surface area contributed by atoms with Gasteiger partial charge in [-0.15, -0.1) is 0 Å². The third-order valence-electron chi connectivity index (χ3n) is 3.05. The van der Waals surface area contributed by atoms with E-state index in [4.69, 9.17) is 0 Å². The topological polar surface area (TPSA) is 29.9 Å². The Kier molecular flexibility index (Phi) is 3.95. The Hall–Kier alpha value is -1.75. The fourth-order valence-electron chi connectivity index (χ4n) is 2.05. The Bertz CT molecular complexity index is 578. The summed E-state index contributed by atoms with van der Waals surface area (Å²) in [6.45, 7) is 4.10. The van der Waals surface area contributed by atoms with Gasteiger partial charge in [0.25, 0.3) is 0 Å². The number of halogens is 2. The highest BCUT2D eigenvalue weighted by Crippen LogP contribution is 2.26. The molecule has 0 bridgehead atoms. The predicted octanol–water partition coefficient (Wildman–Crippen LogP) is 2.71. The monoisotopic (exact) mass is 265 g/mol. The minimum Gasteiger partial charge on any atom is -0.305 e. The minimum absolute atomic E-state index is 0.281. The number of rotatable bonds is 4. The summed E-state index contributed by atoms with van der Waals surface area (Å²) in [6, 6.07) is 4.54. The van der Waals surface area contributed by atoms with Crippen molar-refractivity contribution in [2.45, 2.75) is 19.9 Å². The molecule has 1 unspecified atom stereocenters. The highest BCUT2D eigenvalue weighted by molar-refractivity contribution is 5.32. The normalized spacial score (nSPS) is 12.7. The molecule has 0 spiro atoms. The molecule has 0 amide bonds. The average molecular weight is 265 g/mol. The Morgan fingerprint density at radius 2 is 2.00 bits per heavy atom. The van der Waals surface area contributed by atoms with Crippen LogP contribution in [0, 0.1) is 18.6 Å². The molecule has 0 aliphatic carbocycles. The summed E-state index contributed by atoms with van der Waals surface area (Å²) in [5, 5.41) is 7.40. The van der Waals surface area contributed by atoms with Crippen molar-refractivity contribution in [2.75, 3.05) is 6.54 Å². The van der Waals surface area contributed by atoms with E-state index in [-0.39, 0.29) is 5.56 Å². The number of hydrogen-bond acceptors (Lipinski definition) is 2. The van der Waals surface area contributed by atoms with Gasteiger partial charge in [0.2, 0.25) is 0 Å². The molecule has 1 aromatic carbocycles. The van der Waals surface area contributed by atoms with Crippen LogP contribution >= 0.6 is 0 Å². The molecule has 0 saturated carbocycles. The van der Waals surface area contributed by atoms with Gasteiger partial charge in [-0.2, -0.15) is 5.10 Å². The Balaban J connectivity index is 2.48. The van der Waals surface area contributed by atoms with Crippen LogP contribution in [0.2, 0.25) is 0 Å². The number of nitrogens with zero attached hydrogens (tertiary/aromatic N) is 2. The molecule has 1 aromatic heterocycles. The number of aromatic nitrogens is 2. The highest BCUT2D eigenvalue weighted by atomic mass is 19.2.